The second-order valence-electron chi connectivity index (χ2n) is 14.4. The highest BCUT2D eigenvalue weighted by atomic mass is 16.5. The maximum absolute atomic E-state index is 13.4. The van der Waals surface area contributed by atoms with Crippen molar-refractivity contribution in [2.45, 2.75) is 76.4 Å². The van der Waals surface area contributed by atoms with Crippen LogP contribution in [0.3, 0.4) is 0 Å². The normalized spacial score (nSPS) is 18.8. The summed E-state index contributed by atoms with van der Waals surface area (Å²) in [4.78, 5) is 81.0. The van der Waals surface area contributed by atoms with Crippen LogP contribution in [0.15, 0.2) is 48.9 Å². The average Bonchev–Trinajstić information content (AvgIpc) is 3.97. The highest BCUT2D eigenvalue weighted by Gasteiger charge is 2.46. The first-order valence-corrected chi connectivity index (χ1v) is 19.2. The number of aromatic nitrogens is 4. The zero-order valence-electron chi connectivity index (χ0n) is 31.5. The summed E-state index contributed by atoms with van der Waals surface area (Å²) >= 11 is 0. The molecule has 0 spiro atoms. The number of nitriles is 1. The largest absolute Gasteiger partial charge is 0.495 e. The molecule has 2 fully saturated rings. The van der Waals surface area contributed by atoms with Gasteiger partial charge >= 0.3 is 0 Å². The van der Waals surface area contributed by atoms with Crippen LogP contribution in [0.5, 0.6) is 5.75 Å². The van der Waals surface area contributed by atoms with Crippen molar-refractivity contribution in [3.05, 3.63) is 77.0 Å². The van der Waals surface area contributed by atoms with Crippen molar-refractivity contribution < 1.29 is 28.7 Å². The number of benzene rings is 2. The first-order valence-electron chi connectivity index (χ1n) is 19.2. The molecule has 4 N–H and O–H groups in total. The van der Waals surface area contributed by atoms with Gasteiger partial charge in [-0.15, -0.1) is 0 Å². The fourth-order valence-corrected chi connectivity index (χ4v) is 8.35. The van der Waals surface area contributed by atoms with Crippen molar-refractivity contribution in [3.8, 4) is 17.5 Å². The summed E-state index contributed by atoms with van der Waals surface area (Å²) in [6.07, 6.45) is 9.15. The summed E-state index contributed by atoms with van der Waals surface area (Å²) in [5.74, 6) is -1.02. The van der Waals surface area contributed by atoms with Crippen molar-refractivity contribution in [3.63, 3.8) is 0 Å². The van der Waals surface area contributed by atoms with E-state index in [1.807, 2.05) is 4.57 Å². The van der Waals surface area contributed by atoms with Gasteiger partial charge in [0.05, 0.1) is 41.9 Å². The van der Waals surface area contributed by atoms with Crippen LogP contribution in [-0.4, -0.2) is 86.2 Å². The zero-order chi connectivity index (χ0) is 39.8. The minimum atomic E-state index is -1.05. The van der Waals surface area contributed by atoms with Crippen molar-refractivity contribution in [1.29, 1.82) is 5.26 Å². The van der Waals surface area contributed by atoms with E-state index in [9.17, 15) is 29.2 Å². The first kappa shape index (κ1) is 37.1. The lowest BCUT2D eigenvalue weighted by Crippen LogP contribution is -2.54. The molecule has 4 aliphatic rings. The number of carbonyl (C=O) groups is 5. The highest BCUT2D eigenvalue weighted by Crippen LogP contribution is 2.45. The molecular formula is C40H41N11O6. The molecule has 1 aliphatic carbocycles. The average molecular weight is 772 g/mol. The van der Waals surface area contributed by atoms with Crippen LogP contribution < -0.4 is 30.9 Å². The summed E-state index contributed by atoms with van der Waals surface area (Å²) in [6.45, 7) is 2.80. The number of hydrogen-bond donors (Lipinski definition) is 4. The predicted molar refractivity (Wildman–Crippen MR) is 206 cm³/mol. The van der Waals surface area contributed by atoms with E-state index in [1.165, 1.54) is 13.2 Å². The van der Waals surface area contributed by atoms with Crippen LogP contribution in [0, 0.1) is 11.3 Å². The minimum absolute atomic E-state index is 0.0405. The number of fused-ring (bicyclic) bond motifs is 4. The van der Waals surface area contributed by atoms with Crippen LogP contribution in [0.4, 0.5) is 23.1 Å². The Morgan fingerprint density at radius 1 is 1.04 bits per heavy atom. The van der Waals surface area contributed by atoms with Crippen LogP contribution in [0.25, 0.3) is 5.69 Å². The summed E-state index contributed by atoms with van der Waals surface area (Å²) in [7, 11) is 1.52. The standard InChI is InChI=1S/C40H41N11O6/c1-3-28-34-27(19-41)45-21-49(34)30-20-44-40(48-35(30)50(28)23-8-4-5-9-23)46-25-13-12-22(18-31(25)57-2)36(53)43-17-7-16-42-26-11-6-10-24-33(26)39(56)51(38(24)55)29-14-15-32(52)47-37(29)54/h6,10-13,18,20-21,23,28-29,42H,3-5,7-9,14-17H2,1-2H3,(H,43,53)(H,44,46,48)(H,47,52,54)/t28-,29?/m1/s1. The number of amides is 5. The van der Waals surface area contributed by atoms with Gasteiger partial charge in [0.1, 0.15) is 29.9 Å². The quantitative estimate of drug-likeness (QED) is 0.118. The molecule has 2 atom stereocenters. The second kappa shape index (κ2) is 15.4. The molecule has 17 heteroatoms. The smallest absolute Gasteiger partial charge is 0.264 e. The van der Waals surface area contributed by atoms with Gasteiger partial charge in [0.15, 0.2) is 11.5 Å². The number of hydrogen-bond acceptors (Lipinski definition) is 13. The van der Waals surface area contributed by atoms with E-state index in [0.29, 0.717) is 53.8 Å². The molecule has 57 heavy (non-hydrogen) atoms. The molecular weight excluding hydrogens is 731 g/mol. The summed E-state index contributed by atoms with van der Waals surface area (Å²) < 4.78 is 7.60. The summed E-state index contributed by atoms with van der Waals surface area (Å²) in [5.41, 5.74) is 3.81. The fourth-order valence-electron chi connectivity index (χ4n) is 8.35. The van der Waals surface area contributed by atoms with Gasteiger partial charge in [0.25, 0.3) is 17.7 Å². The third kappa shape index (κ3) is 6.66. The maximum Gasteiger partial charge on any atom is 0.264 e. The summed E-state index contributed by atoms with van der Waals surface area (Å²) in [6, 6.07) is 11.4. The Labute approximate surface area is 327 Å². The molecule has 3 aliphatic heterocycles. The van der Waals surface area contributed by atoms with Crippen molar-refractivity contribution in [2.24, 2.45) is 0 Å². The highest BCUT2D eigenvalue weighted by molar-refractivity contribution is 6.25. The molecule has 4 aromatic rings. The first-order chi connectivity index (χ1) is 27.7. The van der Waals surface area contributed by atoms with E-state index < -0.39 is 29.7 Å². The van der Waals surface area contributed by atoms with E-state index >= 15 is 0 Å². The van der Waals surface area contributed by atoms with E-state index in [1.54, 1.807) is 42.9 Å². The third-order valence-electron chi connectivity index (χ3n) is 11.1. The van der Waals surface area contributed by atoms with Crippen molar-refractivity contribution in [1.82, 2.24) is 35.1 Å². The molecule has 0 radical (unpaired) electrons. The Kier molecular flexibility index (Phi) is 10.0. The Bertz CT molecular complexity index is 2350. The molecule has 1 saturated heterocycles. The molecule has 17 nitrogen and oxygen atoms in total. The Morgan fingerprint density at radius 2 is 1.86 bits per heavy atom. The van der Waals surface area contributed by atoms with Crippen LogP contribution in [0.2, 0.25) is 0 Å². The number of rotatable bonds is 12. The predicted octanol–water partition coefficient (Wildman–Crippen LogP) is 4.13. The van der Waals surface area contributed by atoms with E-state index in [0.717, 1.165) is 54.2 Å². The Morgan fingerprint density at radius 3 is 2.61 bits per heavy atom. The van der Waals surface area contributed by atoms with Gasteiger partial charge in [-0.05, 0) is 62.4 Å². The number of ether oxygens (including phenoxy) is 1. The zero-order valence-corrected chi connectivity index (χ0v) is 31.5. The SMILES string of the molecule is CC[C@@H]1c2c(C#N)ncn2-c2cnc(Nc3ccc(C(=O)NCCCNc4cccc5c4C(=O)N(C4CCC(=O)NC4=O)C5=O)cc3OC)nc2N1C1CCCC1. The molecule has 1 saturated carbocycles. The Hall–Kier alpha value is -6.83. The number of anilines is 4. The van der Waals surface area contributed by atoms with Gasteiger partial charge in [-0.3, -0.25) is 38.8 Å². The second-order valence-corrected chi connectivity index (χ2v) is 14.4. The molecule has 2 aromatic heterocycles. The lowest BCUT2D eigenvalue weighted by atomic mass is 10.0. The van der Waals surface area contributed by atoms with Crippen molar-refractivity contribution >= 4 is 52.7 Å². The Balaban J connectivity index is 0.906. The molecule has 0 bridgehead atoms. The van der Waals surface area contributed by atoms with E-state index in [-0.39, 0.29) is 42.0 Å². The maximum atomic E-state index is 13.4. The van der Waals surface area contributed by atoms with Crippen molar-refractivity contribution in [2.75, 3.05) is 35.7 Å². The van der Waals surface area contributed by atoms with E-state index in [4.69, 9.17) is 9.72 Å². The van der Waals surface area contributed by atoms with Gasteiger partial charge in [0, 0.05) is 36.8 Å². The van der Waals surface area contributed by atoms with Crippen LogP contribution >= 0.6 is 0 Å². The topological polar surface area (TPSA) is 217 Å². The van der Waals surface area contributed by atoms with Gasteiger partial charge in [-0.1, -0.05) is 25.8 Å². The number of methoxy groups -OCH3 is 1. The molecule has 5 heterocycles. The number of carbonyl (C=O) groups excluding carboxylic acids is 5. The van der Waals surface area contributed by atoms with E-state index in [2.05, 4.69) is 49.1 Å². The third-order valence-corrected chi connectivity index (χ3v) is 11.1. The number of piperidine rings is 1. The monoisotopic (exact) mass is 771 g/mol. The van der Waals surface area contributed by atoms with Gasteiger partial charge in [-0.25, -0.2) is 9.97 Å². The molecule has 8 rings (SSSR count). The van der Waals surface area contributed by atoms with Crippen LogP contribution in [0.1, 0.15) is 107 Å². The molecule has 5 amide bonds. The number of nitrogens with one attached hydrogen (secondary N) is 4. The minimum Gasteiger partial charge on any atom is -0.495 e. The van der Waals surface area contributed by atoms with Gasteiger partial charge in [0.2, 0.25) is 17.8 Å². The van der Waals surface area contributed by atoms with Gasteiger partial charge < -0.3 is 25.6 Å². The lowest BCUT2D eigenvalue weighted by molar-refractivity contribution is -0.136. The molecule has 2 aromatic carbocycles. The summed E-state index contributed by atoms with van der Waals surface area (Å²) in [5, 5.41) is 21.4. The number of nitrogens with zero attached hydrogens (tertiary/aromatic N) is 7. The molecule has 292 valence electrons. The van der Waals surface area contributed by atoms with Crippen LogP contribution in [-0.2, 0) is 9.59 Å². The van der Waals surface area contributed by atoms with Gasteiger partial charge in [-0.2, -0.15) is 10.2 Å². The fraction of sp³-hybridized carbons (Fsp3) is 0.375. The number of imide groups is 2. The number of imidazole rings is 1. The lowest BCUT2D eigenvalue weighted by Gasteiger charge is -2.41. The molecule has 1 unspecified atom stereocenters.